The van der Waals surface area contributed by atoms with Gasteiger partial charge in [0, 0.05) is 38.6 Å². The highest BCUT2D eigenvalue weighted by Gasteiger charge is 2.22. The van der Waals surface area contributed by atoms with Gasteiger partial charge in [-0.1, -0.05) is 12.1 Å². The van der Waals surface area contributed by atoms with Crippen LogP contribution in [0.4, 0.5) is 10.7 Å². The van der Waals surface area contributed by atoms with Crippen LogP contribution in [0.15, 0.2) is 30.6 Å². The lowest BCUT2D eigenvalue weighted by Gasteiger charge is -2.34. The third kappa shape index (κ3) is 4.04. The summed E-state index contributed by atoms with van der Waals surface area (Å²) in [6, 6.07) is 5.79. The first kappa shape index (κ1) is 18.0. The Morgan fingerprint density at radius 3 is 2.42 bits per heavy atom. The maximum atomic E-state index is 12.4. The Balaban J connectivity index is 1.47. The number of anilines is 1. The Morgan fingerprint density at radius 2 is 1.73 bits per heavy atom. The maximum Gasteiger partial charge on any atom is 0.320 e. The zero-order valence-corrected chi connectivity index (χ0v) is 15.5. The standard InChI is InChI=1S/C19H25N5O2/c1-14-5-6-15(2)17(16(14)3)26-13-22-19(25)24-11-9-23(10-12-24)18-20-7-4-8-21-18/h4-8H,9-13H2,1-3H3,(H,22,25). The van der Waals surface area contributed by atoms with Crippen molar-refractivity contribution in [1.82, 2.24) is 20.2 Å². The first-order valence-corrected chi connectivity index (χ1v) is 8.80. The molecule has 0 saturated carbocycles. The summed E-state index contributed by atoms with van der Waals surface area (Å²) in [6.07, 6.45) is 3.46. The summed E-state index contributed by atoms with van der Waals surface area (Å²) in [5.41, 5.74) is 3.35. The van der Waals surface area contributed by atoms with E-state index in [1.165, 1.54) is 5.56 Å². The van der Waals surface area contributed by atoms with Gasteiger partial charge in [-0.25, -0.2) is 14.8 Å². The molecular weight excluding hydrogens is 330 g/mol. The smallest absolute Gasteiger partial charge is 0.320 e. The van der Waals surface area contributed by atoms with Crippen molar-refractivity contribution in [3.8, 4) is 5.75 Å². The number of aryl methyl sites for hydroxylation is 2. The largest absolute Gasteiger partial charge is 0.473 e. The molecule has 138 valence electrons. The van der Waals surface area contributed by atoms with Gasteiger partial charge < -0.3 is 19.9 Å². The zero-order valence-electron chi connectivity index (χ0n) is 15.5. The van der Waals surface area contributed by atoms with Crippen LogP contribution in [0.5, 0.6) is 5.75 Å². The number of piperazine rings is 1. The van der Waals surface area contributed by atoms with Crippen LogP contribution in [0.2, 0.25) is 0 Å². The second-order valence-electron chi connectivity index (χ2n) is 6.45. The fourth-order valence-corrected chi connectivity index (χ4v) is 2.99. The van der Waals surface area contributed by atoms with Gasteiger partial charge in [-0.2, -0.15) is 0 Å². The van der Waals surface area contributed by atoms with Crippen molar-refractivity contribution < 1.29 is 9.53 Å². The number of aromatic nitrogens is 2. The van der Waals surface area contributed by atoms with Crippen molar-refractivity contribution in [3.05, 3.63) is 47.3 Å². The summed E-state index contributed by atoms with van der Waals surface area (Å²) >= 11 is 0. The second-order valence-corrected chi connectivity index (χ2v) is 6.45. The molecule has 1 aromatic heterocycles. The van der Waals surface area contributed by atoms with Gasteiger partial charge in [0.2, 0.25) is 5.95 Å². The molecule has 26 heavy (non-hydrogen) atoms. The van der Waals surface area contributed by atoms with E-state index in [1.807, 2.05) is 19.9 Å². The number of benzene rings is 1. The van der Waals surface area contributed by atoms with Crippen LogP contribution >= 0.6 is 0 Å². The van der Waals surface area contributed by atoms with Crippen LogP contribution in [0.25, 0.3) is 0 Å². The van der Waals surface area contributed by atoms with E-state index in [0.717, 1.165) is 16.9 Å². The zero-order chi connectivity index (χ0) is 18.5. The molecular formula is C19H25N5O2. The van der Waals surface area contributed by atoms with Gasteiger partial charge >= 0.3 is 6.03 Å². The lowest BCUT2D eigenvalue weighted by atomic mass is 10.1. The molecule has 2 aromatic rings. The summed E-state index contributed by atoms with van der Waals surface area (Å²) in [5, 5.41) is 2.84. The molecule has 0 spiro atoms. The fraction of sp³-hybridized carbons (Fsp3) is 0.421. The van der Waals surface area contributed by atoms with E-state index < -0.39 is 0 Å². The van der Waals surface area contributed by atoms with E-state index in [-0.39, 0.29) is 12.8 Å². The number of carbonyl (C=O) groups excluding carboxylic acids is 1. The van der Waals surface area contributed by atoms with E-state index in [2.05, 4.69) is 33.2 Å². The van der Waals surface area contributed by atoms with E-state index in [1.54, 1.807) is 23.4 Å². The van der Waals surface area contributed by atoms with Crippen LogP contribution in [0.3, 0.4) is 0 Å². The first-order valence-electron chi connectivity index (χ1n) is 8.80. The Morgan fingerprint density at radius 1 is 1.08 bits per heavy atom. The second kappa shape index (κ2) is 8.03. The molecule has 0 atom stereocenters. The topological polar surface area (TPSA) is 70.6 Å². The summed E-state index contributed by atoms with van der Waals surface area (Å²) in [5.74, 6) is 1.55. The molecule has 1 saturated heterocycles. The molecule has 3 rings (SSSR count). The maximum absolute atomic E-state index is 12.4. The summed E-state index contributed by atoms with van der Waals surface area (Å²) < 4.78 is 5.81. The molecule has 0 aliphatic carbocycles. The van der Waals surface area contributed by atoms with E-state index in [9.17, 15) is 4.79 Å². The highest BCUT2D eigenvalue weighted by atomic mass is 16.5. The number of rotatable bonds is 4. The van der Waals surface area contributed by atoms with E-state index in [0.29, 0.717) is 32.1 Å². The minimum Gasteiger partial charge on any atom is -0.473 e. The molecule has 0 radical (unpaired) electrons. The third-order valence-electron chi connectivity index (χ3n) is 4.72. The molecule has 1 aliphatic rings. The molecule has 7 nitrogen and oxygen atoms in total. The van der Waals surface area contributed by atoms with Crippen molar-refractivity contribution in [1.29, 1.82) is 0 Å². The van der Waals surface area contributed by atoms with Gasteiger partial charge in [-0.3, -0.25) is 0 Å². The minimum atomic E-state index is -0.110. The number of carbonyl (C=O) groups is 1. The van der Waals surface area contributed by atoms with Crippen molar-refractivity contribution in [2.75, 3.05) is 37.8 Å². The summed E-state index contributed by atoms with van der Waals surface area (Å²) in [4.78, 5) is 24.7. The number of hydrogen-bond donors (Lipinski definition) is 1. The van der Waals surface area contributed by atoms with Crippen LogP contribution in [-0.4, -0.2) is 53.8 Å². The molecule has 1 aliphatic heterocycles. The number of ether oxygens (including phenoxy) is 1. The molecule has 1 aromatic carbocycles. The SMILES string of the molecule is Cc1ccc(C)c(OCNC(=O)N2CCN(c3ncccn3)CC2)c1C. The van der Waals surface area contributed by atoms with E-state index >= 15 is 0 Å². The highest BCUT2D eigenvalue weighted by Crippen LogP contribution is 2.25. The van der Waals surface area contributed by atoms with Crippen LogP contribution in [0, 0.1) is 20.8 Å². The van der Waals surface area contributed by atoms with Crippen molar-refractivity contribution in [2.24, 2.45) is 0 Å². The molecule has 7 heteroatoms. The van der Waals surface area contributed by atoms with Crippen LogP contribution < -0.4 is 15.0 Å². The van der Waals surface area contributed by atoms with E-state index in [4.69, 9.17) is 4.74 Å². The summed E-state index contributed by atoms with van der Waals surface area (Å²) in [6.45, 7) is 8.95. The molecule has 1 N–H and O–H groups in total. The lowest BCUT2D eigenvalue weighted by molar-refractivity contribution is 0.181. The number of amides is 2. The number of hydrogen-bond acceptors (Lipinski definition) is 5. The van der Waals surface area contributed by atoms with Crippen LogP contribution in [-0.2, 0) is 0 Å². The van der Waals surface area contributed by atoms with Gasteiger partial charge in [-0.05, 0) is 43.5 Å². The average Bonchev–Trinajstić information content (AvgIpc) is 2.68. The lowest BCUT2D eigenvalue weighted by Crippen LogP contribution is -2.52. The van der Waals surface area contributed by atoms with Gasteiger partial charge in [0.1, 0.15) is 5.75 Å². The molecule has 0 bridgehead atoms. The molecule has 0 unspecified atom stereocenters. The Bertz CT molecular complexity index is 758. The van der Waals surface area contributed by atoms with Crippen molar-refractivity contribution >= 4 is 12.0 Å². The van der Waals surface area contributed by atoms with Crippen molar-refractivity contribution in [2.45, 2.75) is 20.8 Å². The van der Waals surface area contributed by atoms with Gasteiger partial charge in [0.05, 0.1) is 0 Å². The van der Waals surface area contributed by atoms with Gasteiger partial charge in [-0.15, -0.1) is 0 Å². The molecule has 2 heterocycles. The molecule has 2 amide bonds. The Kier molecular flexibility index (Phi) is 5.55. The average molecular weight is 355 g/mol. The predicted octanol–water partition coefficient (Wildman–Crippen LogP) is 2.27. The monoisotopic (exact) mass is 355 g/mol. The first-order chi connectivity index (χ1) is 12.6. The normalized spacial score (nSPS) is 14.3. The fourth-order valence-electron chi connectivity index (χ4n) is 2.99. The summed E-state index contributed by atoms with van der Waals surface area (Å²) in [7, 11) is 0. The van der Waals surface area contributed by atoms with Gasteiger partial charge in [0.25, 0.3) is 0 Å². The highest BCUT2D eigenvalue weighted by molar-refractivity contribution is 5.74. The number of nitrogens with zero attached hydrogens (tertiary/aromatic N) is 4. The number of urea groups is 1. The quantitative estimate of drug-likeness (QED) is 0.852. The van der Waals surface area contributed by atoms with Crippen molar-refractivity contribution in [3.63, 3.8) is 0 Å². The predicted molar refractivity (Wildman–Crippen MR) is 100 cm³/mol. The minimum absolute atomic E-state index is 0.110. The number of nitrogens with one attached hydrogen (secondary N) is 1. The Hall–Kier alpha value is -2.83. The van der Waals surface area contributed by atoms with Crippen LogP contribution in [0.1, 0.15) is 16.7 Å². The molecule has 1 fully saturated rings. The van der Waals surface area contributed by atoms with Gasteiger partial charge in [0.15, 0.2) is 6.73 Å². The third-order valence-corrected chi connectivity index (χ3v) is 4.72. The Labute approximate surface area is 154 Å².